The Kier molecular flexibility index (Phi) is 6.46. The van der Waals surface area contributed by atoms with E-state index in [1.807, 2.05) is 67.6 Å². The molecule has 4 heteroatoms. The standard InChI is InChI=1S/C27H28N2O2/c1-20-12-14-24(15-13-20)29-19-23(18-26(29)30)27(31)28-17-16-25(21-8-4-2-5-9-21)22-10-6-3-7-11-22/h2-15,23,25H,16-19H2,1H3,(H,28,31)/t23-/m0/s1. The van der Waals surface area contributed by atoms with Crippen LogP contribution in [0.25, 0.3) is 0 Å². The third kappa shape index (κ3) is 5.02. The van der Waals surface area contributed by atoms with Crippen LogP contribution in [-0.4, -0.2) is 24.9 Å². The molecule has 2 amide bonds. The molecule has 0 bridgehead atoms. The van der Waals surface area contributed by atoms with Crippen LogP contribution in [0, 0.1) is 12.8 Å². The average molecular weight is 413 g/mol. The van der Waals surface area contributed by atoms with E-state index in [9.17, 15) is 9.59 Å². The SMILES string of the molecule is Cc1ccc(N2C[C@@H](C(=O)NCCC(c3ccccc3)c3ccccc3)CC2=O)cc1. The highest BCUT2D eigenvalue weighted by molar-refractivity contribution is 6.00. The molecule has 0 radical (unpaired) electrons. The molecule has 4 rings (SSSR count). The summed E-state index contributed by atoms with van der Waals surface area (Å²) in [5.74, 6) is -0.115. The zero-order valence-electron chi connectivity index (χ0n) is 17.8. The molecule has 1 fully saturated rings. The number of rotatable bonds is 7. The van der Waals surface area contributed by atoms with Crippen molar-refractivity contribution in [2.45, 2.75) is 25.7 Å². The minimum Gasteiger partial charge on any atom is -0.356 e. The lowest BCUT2D eigenvalue weighted by atomic mass is 9.88. The number of aryl methyl sites for hydroxylation is 1. The molecule has 1 aliphatic rings. The first-order chi connectivity index (χ1) is 15.1. The van der Waals surface area contributed by atoms with Crippen LogP contribution in [0.4, 0.5) is 5.69 Å². The number of nitrogens with one attached hydrogen (secondary N) is 1. The largest absolute Gasteiger partial charge is 0.356 e. The van der Waals surface area contributed by atoms with Gasteiger partial charge in [-0.2, -0.15) is 0 Å². The summed E-state index contributed by atoms with van der Waals surface area (Å²) in [4.78, 5) is 27.0. The predicted octanol–water partition coefficient (Wildman–Crippen LogP) is 4.69. The summed E-state index contributed by atoms with van der Waals surface area (Å²) in [6.07, 6.45) is 1.07. The molecule has 0 spiro atoms. The average Bonchev–Trinajstić information content (AvgIpc) is 3.20. The Morgan fingerprint density at radius 1 is 0.935 bits per heavy atom. The van der Waals surface area contributed by atoms with Gasteiger partial charge in [0, 0.05) is 31.1 Å². The molecule has 4 nitrogen and oxygen atoms in total. The molecule has 3 aromatic rings. The molecule has 158 valence electrons. The molecule has 0 aliphatic carbocycles. The Morgan fingerprint density at radius 3 is 2.10 bits per heavy atom. The maximum absolute atomic E-state index is 12.8. The van der Waals surface area contributed by atoms with Crippen LogP contribution in [0.15, 0.2) is 84.9 Å². The highest BCUT2D eigenvalue weighted by Crippen LogP contribution is 2.28. The summed E-state index contributed by atoms with van der Waals surface area (Å²) in [7, 11) is 0. The minimum absolute atomic E-state index is 0.00968. The lowest BCUT2D eigenvalue weighted by Gasteiger charge is -2.19. The van der Waals surface area contributed by atoms with E-state index in [0.29, 0.717) is 13.1 Å². The molecule has 1 N–H and O–H groups in total. The Labute approximate surface area is 183 Å². The number of anilines is 1. The van der Waals surface area contributed by atoms with Gasteiger partial charge in [-0.1, -0.05) is 78.4 Å². The van der Waals surface area contributed by atoms with Gasteiger partial charge in [-0.25, -0.2) is 0 Å². The summed E-state index contributed by atoms with van der Waals surface area (Å²) < 4.78 is 0. The van der Waals surface area contributed by atoms with Crippen LogP contribution < -0.4 is 10.2 Å². The van der Waals surface area contributed by atoms with E-state index in [1.165, 1.54) is 11.1 Å². The third-order valence-electron chi connectivity index (χ3n) is 5.98. The van der Waals surface area contributed by atoms with E-state index < -0.39 is 0 Å². The zero-order chi connectivity index (χ0) is 21.6. The first-order valence-corrected chi connectivity index (χ1v) is 10.9. The van der Waals surface area contributed by atoms with Crippen molar-refractivity contribution in [2.75, 3.05) is 18.0 Å². The molecule has 1 heterocycles. The van der Waals surface area contributed by atoms with Crippen LogP contribution in [0.1, 0.15) is 35.4 Å². The first-order valence-electron chi connectivity index (χ1n) is 10.9. The Hall–Kier alpha value is -3.40. The molecule has 1 saturated heterocycles. The van der Waals surface area contributed by atoms with Gasteiger partial charge in [0.25, 0.3) is 0 Å². The maximum atomic E-state index is 12.8. The first kappa shape index (κ1) is 20.9. The minimum atomic E-state index is -0.305. The van der Waals surface area contributed by atoms with Crippen molar-refractivity contribution in [3.63, 3.8) is 0 Å². The lowest BCUT2D eigenvalue weighted by Crippen LogP contribution is -2.34. The van der Waals surface area contributed by atoms with Gasteiger partial charge in [0.05, 0.1) is 5.92 Å². The van der Waals surface area contributed by atoms with Crippen molar-refractivity contribution >= 4 is 17.5 Å². The van der Waals surface area contributed by atoms with E-state index in [-0.39, 0.29) is 30.1 Å². The van der Waals surface area contributed by atoms with Gasteiger partial charge in [-0.05, 0) is 36.6 Å². The van der Waals surface area contributed by atoms with E-state index >= 15 is 0 Å². The van der Waals surface area contributed by atoms with Crippen molar-refractivity contribution in [3.05, 3.63) is 102 Å². The van der Waals surface area contributed by atoms with Gasteiger partial charge in [-0.15, -0.1) is 0 Å². The normalized spacial score (nSPS) is 16.0. The van der Waals surface area contributed by atoms with Crippen molar-refractivity contribution in [1.29, 1.82) is 0 Å². The second-order valence-corrected chi connectivity index (χ2v) is 8.19. The van der Waals surface area contributed by atoms with E-state index in [2.05, 4.69) is 29.6 Å². The smallest absolute Gasteiger partial charge is 0.227 e. The Balaban J connectivity index is 1.36. The quantitative estimate of drug-likeness (QED) is 0.612. The number of carbonyl (C=O) groups excluding carboxylic acids is 2. The van der Waals surface area contributed by atoms with Crippen molar-refractivity contribution < 1.29 is 9.59 Å². The van der Waals surface area contributed by atoms with Gasteiger partial charge in [0.15, 0.2) is 0 Å². The van der Waals surface area contributed by atoms with Gasteiger partial charge in [0.2, 0.25) is 11.8 Å². The Bertz CT molecular complexity index is 977. The molecular weight excluding hydrogens is 384 g/mol. The van der Waals surface area contributed by atoms with Gasteiger partial charge in [0.1, 0.15) is 0 Å². The molecule has 3 aromatic carbocycles. The van der Waals surface area contributed by atoms with E-state index in [0.717, 1.165) is 17.7 Å². The number of hydrogen-bond acceptors (Lipinski definition) is 2. The van der Waals surface area contributed by atoms with Crippen LogP contribution in [-0.2, 0) is 9.59 Å². The number of nitrogens with zero attached hydrogens (tertiary/aromatic N) is 1. The summed E-state index contributed by atoms with van der Waals surface area (Å²) in [5.41, 5.74) is 4.49. The summed E-state index contributed by atoms with van der Waals surface area (Å²) in [6.45, 7) is 3.03. The fraction of sp³-hybridized carbons (Fsp3) is 0.259. The van der Waals surface area contributed by atoms with Crippen LogP contribution in [0.5, 0.6) is 0 Å². The molecule has 0 saturated carbocycles. The number of hydrogen-bond donors (Lipinski definition) is 1. The molecule has 1 aliphatic heterocycles. The Morgan fingerprint density at radius 2 is 1.52 bits per heavy atom. The molecule has 1 atom stereocenters. The number of benzene rings is 3. The fourth-order valence-electron chi connectivity index (χ4n) is 4.24. The van der Waals surface area contributed by atoms with Crippen LogP contribution >= 0.6 is 0 Å². The fourth-order valence-corrected chi connectivity index (χ4v) is 4.24. The van der Waals surface area contributed by atoms with E-state index in [4.69, 9.17) is 0 Å². The van der Waals surface area contributed by atoms with Gasteiger partial charge in [-0.3, -0.25) is 9.59 Å². The molecule has 0 unspecified atom stereocenters. The highest BCUT2D eigenvalue weighted by atomic mass is 16.2. The van der Waals surface area contributed by atoms with Crippen molar-refractivity contribution in [1.82, 2.24) is 5.32 Å². The summed E-state index contributed by atoms with van der Waals surface area (Å²) >= 11 is 0. The van der Waals surface area contributed by atoms with Crippen molar-refractivity contribution in [2.24, 2.45) is 5.92 Å². The number of amides is 2. The second kappa shape index (κ2) is 9.61. The third-order valence-corrected chi connectivity index (χ3v) is 5.98. The molecular formula is C27H28N2O2. The highest BCUT2D eigenvalue weighted by Gasteiger charge is 2.35. The van der Waals surface area contributed by atoms with Crippen LogP contribution in [0.2, 0.25) is 0 Å². The van der Waals surface area contributed by atoms with Gasteiger partial charge < -0.3 is 10.2 Å². The number of carbonyl (C=O) groups is 2. The zero-order valence-corrected chi connectivity index (χ0v) is 17.8. The van der Waals surface area contributed by atoms with Crippen molar-refractivity contribution in [3.8, 4) is 0 Å². The van der Waals surface area contributed by atoms with Gasteiger partial charge >= 0.3 is 0 Å². The predicted molar refractivity (Wildman–Crippen MR) is 124 cm³/mol. The molecule has 0 aromatic heterocycles. The second-order valence-electron chi connectivity index (χ2n) is 8.19. The van der Waals surface area contributed by atoms with E-state index in [1.54, 1.807) is 4.90 Å². The maximum Gasteiger partial charge on any atom is 0.227 e. The van der Waals surface area contributed by atoms with Crippen LogP contribution in [0.3, 0.4) is 0 Å². The topological polar surface area (TPSA) is 49.4 Å². The summed E-state index contributed by atoms with van der Waals surface area (Å²) in [5, 5.41) is 3.08. The monoisotopic (exact) mass is 412 g/mol. The molecule has 31 heavy (non-hydrogen) atoms. The lowest BCUT2D eigenvalue weighted by molar-refractivity contribution is -0.126. The summed E-state index contributed by atoms with van der Waals surface area (Å²) in [6, 6.07) is 28.6.